The number of rotatable bonds is 23. The monoisotopic (exact) mass is 426 g/mol. The summed E-state index contributed by atoms with van der Waals surface area (Å²) in [7, 11) is 0. The van der Waals surface area contributed by atoms with Gasteiger partial charge in [-0.1, -0.05) is 104 Å². The Balaban J connectivity index is 3.28. The molecule has 0 saturated carbocycles. The Kier molecular flexibility index (Phi) is 23.4. The fourth-order valence-corrected chi connectivity index (χ4v) is 3.53. The van der Waals surface area contributed by atoms with E-state index in [-0.39, 0.29) is 11.9 Å². The van der Waals surface area contributed by atoms with Crippen molar-refractivity contribution in [3.8, 4) is 0 Å². The smallest absolute Gasteiger partial charge is 0.305 e. The molecule has 4 heteroatoms. The molecule has 0 saturated heterocycles. The van der Waals surface area contributed by atoms with Gasteiger partial charge in [-0.15, -0.1) is 0 Å². The summed E-state index contributed by atoms with van der Waals surface area (Å²) in [5.74, 6) is -0.270. The van der Waals surface area contributed by atoms with Crippen LogP contribution in [0.5, 0.6) is 0 Å². The number of carbonyl (C=O) groups is 2. The molecule has 0 rings (SSSR count). The van der Waals surface area contributed by atoms with E-state index in [1.54, 1.807) is 0 Å². The van der Waals surface area contributed by atoms with Crippen molar-refractivity contribution in [3.63, 3.8) is 0 Å². The number of ether oxygens (including phenoxy) is 2. The summed E-state index contributed by atoms with van der Waals surface area (Å²) in [5.41, 5.74) is 0. The summed E-state index contributed by atoms with van der Waals surface area (Å²) >= 11 is 0. The molecule has 0 heterocycles. The highest BCUT2D eigenvalue weighted by atomic mass is 16.5. The Hall–Kier alpha value is -1.06. The first-order valence-electron chi connectivity index (χ1n) is 13.0. The molecule has 30 heavy (non-hydrogen) atoms. The van der Waals surface area contributed by atoms with Crippen molar-refractivity contribution in [1.82, 2.24) is 0 Å². The number of carbonyl (C=O) groups excluding carboxylic acids is 2. The van der Waals surface area contributed by atoms with Crippen LogP contribution in [-0.2, 0) is 19.1 Å². The van der Waals surface area contributed by atoms with E-state index in [1.165, 1.54) is 77.0 Å². The van der Waals surface area contributed by atoms with Gasteiger partial charge in [0.1, 0.15) is 0 Å². The maximum Gasteiger partial charge on any atom is 0.305 e. The Labute approximate surface area is 186 Å². The van der Waals surface area contributed by atoms with Gasteiger partial charge in [0.2, 0.25) is 0 Å². The zero-order chi connectivity index (χ0) is 22.1. The molecule has 0 atom stereocenters. The third kappa shape index (κ3) is 23.2. The zero-order valence-electron chi connectivity index (χ0n) is 20.2. The van der Waals surface area contributed by atoms with Crippen molar-refractivity contribution in [2.45, 2.75) is 142 Å². The lowest BCUT2D eigenvalue weighted by atomic mass is 10.1. The Morgan fingerprint density at radius 2 is 0.733 bits per heavy atom. The minimum Gasteiger partial charge on any atom is -0.466 e. The Morgan fingerprint density at radius 1 is 0.433 bits per heavy atom. The molecule has 0 amide bonds. The van der Waals surface area contributed by atoms with Crippen LogP contribution in [-0.4, -0.2) is 25.2 Å². The molecular formula is C26H50O4. The highest BCUT2D eigenvalue weighted by Gasteiger charge is 2.06. The molecule has 0 fully saturated rings. The first-order valence-corrected chi connectivity index (χ1v) is 13.0. The van der Waals surface area contributed by atoms with Crippen LogP contribution in [0.2, 0.25) is 0 Å². The van der Waals surface area contributed by atoms with E-state index in [9.17, 15) is 9.59 Å². The second kappa shape index (κ2) is 24.2. The molecule has 0 spiro atoms. The zero-order valence-corrected chi connectivity index (χ0v) is 20.2. The van der Waals surface area contributed by atoms with Gasteiger partial charge in [-0.05, 0) is 25.7 Å². The molecule has 0 radical (unpaired) electrons. The number of unbranched alkanes of at least 4 members (excludes halogenated alkanes) is 15. The summed E-state index contributed by atoms with van der Waals surface area (Å²) in [6.45, 7) is 5.53. The lowest BCUT2D eigenvalue weighted by molar-refractivity contribution is -0.146. The molecule has 0 N–H and O–H groups in total. The fourth-order valence-electron chi connectivity index (χ4n) is 3.53. The largest absolute Gasteiger partial charge is 0.466 e. The average molecular weight is 427 g/mol. The number of hydrogen-bond donors (Lipinski definition) is 0. The third-order valence-corrected chi connectivity index (χ3v) is 5.53. The standard InChI is InChI=1S/C26H50O4/c1-3-5-7-9-11-12-13-14-16-20-24-30-26(28)22-18-17-21-25(27)29-23-19-15-10-8-6-4-2/h3-24H2,1-2H3. The Bertz CT molecular complexity index is 381. The minimum atomic E-state index is -0.137. The predicted molar refractivity (Wildman–Crippen MR) is 126 cm³/mol. The van der Waals surface area contributed by atoms with Crippen molar-refractivity contribution in [2.24, 2.45) is 0 Å². The van der Waals surface area contributed by atoms with Gasteiger partial charge in [-0.2, -0.15) is 0 Å². The molecule has 0 aliphatic carbocycles. The SMILES string of the molecule is CCCCCCCCCCCCOC(=O)CCCCC(=O)OCCCCCCCC. The highest BCUT2D eigenvalue weighted by molar-refractivity contribution is 5.70. The van der Waals surface area contributed by atoms with E-state index >= 15 is 0 Å². The van der Waals surface area contributed by atoms with Crippen molar-refractivity contribution in [2.75, 3.05) is 13.2 Å². The van der Waals surface area contributed by atoms with Gasteiger partial charge in [-0.3, -0.25) is 9.59 Å². The summed E-state index contributed by atoms with van der Waals surface area (Å²) in [6, 6.07) is 0. The number of esters is 2. The maximum absolute atomic E-state index is 11.7. The normalized spacial score (nSPS) is 10.9. The molecular weight excluding hydrogens is 376 g/mol. The van der Waals surface area contributed by atoms with E-state index in [0.717, 1.165) is 25.7 Å². The summed E-state index contributed by atoms with van der Waals surface area (Å²) in [6.07, 6.45) is 22.1. The molecule has 4 nitrogen and oxygen atoms in total. The van der Waals surface area contributed by atoms with Crippen LogP contribution < -0.4 is 0 Å². The van der Waals surface area contributed by atoms with Crippen molar-refractivity contribution < 1.29 is 19.1 Å². The molecule has 0 aromatic rings. The fraction of sp³-hybridized carbons (Fsp3) is 0.923. The second-order valence-electron chi connectivity index (χ2n) is 8.60. The second-order valence-corrected chi connectivity index (χ2v) is 8.60. The first kappa shape index (κ1) is 28.9. The van der Waals surface area contributed by atoms with Crippen molar-refractivity contribution in [1.29, 1.82) is 0 Å². The molecule has 0 aliphatic rings. The van der Waals surface area contributed by atoms with Crippen LogP contribution in [0.3, 0.4) is 0 Å². The molecule has 0 aromatic heterocycles. The van der Waals surface area contributed by atoms with E-state index in [0.29, 0.717) is 38.9 Å². The maximum atomic E-state index is 11.7. The van der Waals surface area contributed by atoms with E-state index in [4.69, 9.17) is 9.47 Å². The van der Waals surface area contributed by atoms with Crippen LogP contribution in [0, 0.1) is 0 Å². The average Bonchev–Trinajstić information content (AvgIpc) is 2.74. The molecule has 0 aromatic carbocycles. The molecule has 0 bridgehead atoms. The van der Waals surface area contributed by atoms with E-state index in [1.807, 2.05) is 0 Å². The quantitative estimate of drug-likeness (QED) is 0.123. The van der Waals surface area contributed by atoms with Gasteiger partial charge in [0.15, 0.2) is 0 Å². The van der Waals surface area contributed by atoms with E-state index < -0.39 is 0 Å². The van der Waals surface area contributed by atoms with Gasteiger partial charge in [0.05, 0.1) is 13.2 Å². The predicted octanol–water partition coefficient (Wildman–Crippen LogP) is 7.91. The van der Waals surface area contributed by atoms with E-state index in [2.05, 4.69) is 13.8 Å². The molecule has 0 aliphatic heterocycles. The number of hydrogen-bond acceptors (Lipinski definition) is 4. The van der Waals surface area contributed by atoms with Crippen LogP contribution in [0.15, 0.2) is 0 Å². The van der Waals surface area contributed by atoms with Crippen LogP contribution >= 0.6 is 0 Å². The van der Waals surface area contributed by atoms with Crippen LogP contribution in [0.4, 0.5) is 0 Å². The molecule has 0 unspecified atom stereocenters. The molecule has 178 valence electrons. The van der Waals surface area contributed by atoms with Crippen LogP contribution in [0.1, 0.15) is 142 Å². The lowest BCUT2D eigenvalue weighted by Crippen LogP contribution is -2.08. The van der Waals surface area contributed by atoms with Gasteiger partial charge >= 0.3 is 11.9 Å². The summed E-state index contributed by atoms with van der Waals surface area (Å²) in [4.78, 5) is 23.4. The van der Waals surface area contributed by atoms with Gasteiger partial charge in [-0.25, -0.2) is 0 Å². The van der Waals surface area contributed by atoms with Gasteiger partial charge < -0.3 is 9.47 Å². The van der Waals surface area contributed by atoms with Gasteiger partial charge in [0, 0.05) is 12.8 Å². The minimum absolute atomic E-state index is 0.133. The Morgan fingerprint density at radius 3 is 1.07 bits per heavy atom. The summed E-state index contributed by atoms with van der Waals surface area (Å²) in [5, 5.41) is 0. The topological polar surface area (TPSA) is 52.6 Å². The third-order valence-electron chi connectivity index (χ3n) is 5.53. The summed E-state index contributed by atoms with van der Waals surface area (Å²) < 4.78 is 10.5. The lowest BCUT2D eigenvalue weighted by Gasteiger charge is -2.06. The first-order chi connectivity index (χ1) is 14.7. The van der Waals surface area contributed by atoms with Crippen molar-refractivity contribution >= 4 is 11.9 Å². The highest BCUT2D eigenvalue weighted by Crippen LogP contribution is 2.11. The van der Waals surface area contributed by atoms with Crippen molar-refractivity contribution in [3.05, 3.63) is 0 Å². The van der Waals surface area contributed by atoms with Gasteiger partial charge in [0.25, 0.3) is 0 Å². The van der Waals surface area contributed by atoms with Crippen LogP contribution in [0.25, 0.3) is 0 Å².